The second-order valence-corrected chi connectivity index (χ2v) is 6.12. The molecule has 0 spiro atoms. The number of aromatic nitrogens is 2. The predicted octanol–water partition coefficient (Wildman–Crippen LogP) is 1.47. The van der Waals surface area contributed by atoms with Gasteiger partial charge in [-0.3, -0.25) is 14.8 Å². The Labute approximate surface area is 141 Å². The van der Waals surface area contributed by atoms with E-state index in [-0.39, 0.29) is 11.8 Å². The lowest BCUT2D eigenvalue weighted by molar-refractivity contribution is 0.0764. The minimum Gasteiger partial charge on any atom is -0.497 e. The van der Waals surface area contributed by atoms with Crippen LogP contribution in [-0.4, -0.2) is 52.2 Å². The van der Waals surface area contributed by atoms with E-state index in [9.17, 15) is 9.90 Å². The second-order valence-electron chi connectivity index (χ2n) is 6.12. The Morgan fingerprint density at radius 2 is 2.21 bits per heavy atom. The second kappa shape index (κ2) is 6.97. The molecule has 2 atom stereocenters. The van der Waals surface area contributed by atoms with Crippen LogP contribution in [0.1, 0.15) is 21.6 Å². The van der Waals surface area contributed by atoms with Crippen molar-refractivity contribution < 1.29 is 14.6 Å². The fourth-order valence-electron chi connectivity index (χ4n) is 3.10. The molecule has 1 saturated heterocycles. The average molecular weight is 327 g/mol. The highest BCUT2D eigenvalue weighted by molar-refractivity contribution is 5.96. The standard InChI is InChI=1S/C18H21N3O3/c1-12-7-15(24-2)3-4-16(12)18(23)21-10-13(17(22)11-21)8-14-9-19-5-6-20-14/h3-7,9,13,17,22H,8,10-11H2,1-2H3/t13-,17-/m1/s1. The van der Waals surface area contributed by atoms with E-state index in [0.29, 0.717) is 25.1 Å². The number of ether oxygens (including phenoxy) is 1. The molecule has 0 radical (unpaired) electrons. The number of aliphatic hydroxyl groups excluding tert-OH is 1. The Kier molecular flexibility index (Phi) is 4.76. The highest BCUT2D eigenvalue weighted by atomic mass is 16.5. The van der Waals surface area contributed by atoms with Crippen molar-refractivity contribution >= 4 is 5.91 Å². The zero-order chi connectivity index (χ0) is 17.1. The van der Waals surface area contributed by atoms with Crippen LogP contribution in [0.15, 0.2) is 36.8 Å². The number of carbonyl (C=O) groups is 1. The van der Waals surface area contributed by atoms with Gasteiger partial charge in [-0.1, -0.05) is 0 Å². The van der Waals surface area contributed by atoms with Crippen molar-refractivity contribution in [2.75, 3.05) is 20.2 Å². The molecule has 1 aromatic heterocycles. The number of β-amino-alcohol motifs (C(OH)–C–C–N with tert-alkyl or cyclic N) is 1. The molecule has 0 saturated carbocycles. The number of rotatable bonds is 4. The quantitative estimate of drug-likeness (QED) is 0.920. The van der Waals surface area contributed by atoms with E-state index in [1.54, 1.807) is 42.7 Å². The van der Waals surface area contributed by atoms with Crippen LogP contribution in [0.25, 0.3) is 0 Å². The van der Waals surface area contributed by atoms with Gasteiger partial charge >= 0.3 is 0 Å². The van der Waals surface area contributed by atoms with Gasteiger partial charge in [0.15, 0.2) is 0 Å². The van der Waals surface area contributed by atoms with E-state index < -0.39 is 6.10 Å². The van der Waals surface area contributed by atoms with Gasteiger partial charge in [0.2, 0.25) is 0 Å². The summed E-state index contributed by atoms with van der Waals surface area (Å²) in [6.07, 6.45) is 5.03. The summed E-state index contributed by atoms with van der Waals surface area (Å²) in [6, 6.07) is 5.40. The van der Waals surface area contributed by atoms with Gasteiger partial charge in [-0.2, -0.15) is 0 Å². The molecule has 0 unspecified atom stereocenters. The van der Waals surface area contributed by atoms with Crippen molar-refractivity contribution in [3.05, 3.63) is 53.6 Å². The van der Waals surface area contributed by atoms with Crippen LogP contribution < -0.4 is 4.74 Å². The number of aliphatic hydroxyl groups is 1. The van der Waals surface area contributed by atoms with Gasteiger partial charge in [-0.05, 0) is 37.1 Å². The first kappa shape index (κ1) is 16.4. The molecule has 24 heavy (non-hydrogen) atoms. The van der Waals surface area contributed by atoms with E-state index in [2.05, 4.69) is 9.97 Å². The predicted molar refractivity (Wildman–Crippen MR) is 88.9 cm³/mol. The summed E-state index contributed by atoms with van der Waals surface area (Å²) >= 11 is 0. The molecule has 3 rings (SSSR count). The normalized spacial score (nSPS) is 20.2. The highest BCUT2D eigenvalue weighted by Gasteiger charge is 2.35. The van der Waals surface area contributed by atoms with Crippen molar-refractivity contribution in [3.8, 4) is 5.75 Å². The number of aryl methyl sites for hydroxylation is 1. The van der Waals surface area contributed by atoms with Crippen LogP contribution in [0.2, 0.25) is 0 Å². The van der Waals surface area contributed by atoms with Gasteiger partial charge < -0.3 is 14.7 Å². The molecule has 0 aliphatic carbocycles. The fourth-order valence-corrected chi connectivity index (χ4v) is 3.10. The Morgan fingerprint density at radius 3 is 2.88 bits per heavy atom. The Balaban J connectivity index is 1.71. The maximum Gasteiger partial charge on any atom is 0.254 e. The van der Waals surface area contributed by atoms with Crippen molar-refractivity contribution in [1.29, 1.82) is 0 Å². The molecule has 1 aromatic carbocycles. The van der Waals surface area contributed by atoms with Gasteiger partial charge in [-0.25, -0.2) is 0 Å². The number of hydrogen-bond acceptors (Lipinski definition) is 5. The Bertz CT molecular complexity index is 721. The lowest BCUT2D eigenvalue weighted by Crippen LogP contribution is -2.30. The number of amides is 1. The van der Waals surface area contributed by atoms with Crippen LogP contribution in [0.4, 0.5) is 0 Å². The van der Waals surface area contributed by atoms with Crippen molar-refractivity contribution in [2.45, 2.75) is 19.4 Å². The first-order chi connectivity index (χ1) is 11.6. The summed E-state index contributed by atoms with van der Waals surface area (Å²) < 4.78 is 5.18. The smallest absolute Gasteiger partial charge is 0.254 e. The maximum atomic E-state index is 12.8. The van der Waals surface area contributed by atoms with E-state index in [0.717, 1.165) is 17.0 Å². The minimum absolute atomic E-state index is 0.0239. The van der Waals surface area contributed by atoms with E-state index in [1.165, 1.54) is 0 Å². The molecule has 1 amide bonds. The Morgan fingerprint density at radius 1 is 1.38 bits per heavy atom. The number of nitrogens with zero attached hydrogens (tertiary/aromatic N) is 3. The summed E-state index contributed by atoms with van der Waals surface area (Å²) in [5.74, 6) is 0.645. The minimum atomic E-state index is -0.547. The van der Waals surface area contributed by atoms with Gasteiger partial charge in [-0.15, -0.1) is 0 Å². The van der Waals surface area contributed by atoms with Crippen LogP contribution in [-0.2, 0) is 6.42 Å². The summed E-state index contributed by atoms with van der Waals surface area (Å²) in [5.41, 5.74) is 2.34. The van der Waals surface area contributed by atoms with Crippen molar-refractivity contribution in [3.63, 3.8) is 0 Å². The van der Waals surface area contributed by atoms with Crippen LogP contribution in [0.5, 0.6) is 5.75 Å². The molecule has 6 heteroatoms. The summed E-state index contributed by atoms with van der Waals surface area (Å²) in [5, 5.41) is 10.3. The molecule has 1 aliphatic heterocycles. The lowest BCUT2D eigenvalue weighted by atomic mass is 10.0. The van der Waals surface area contributed by atoms with Gasteiger partial charge in [0.25, 0.3) is 5.91 Å². The van der Waals surface area contributed by atoms with Gasteiger partial charge in [0.05, 0.1) is 18.9 Å². The molecule has 2 heterocycles. The highest BCUT2D eigenvalue weighted by Crippen LogP contribution is 2.24. The molecule has 1 N–H and O–H groups in total. The van der Waals surface area contributed by atoms with Crippen molar-refractivity contribution in [1.82, 2.24) is 14.9 Å². The third-order valence-corrected chi connectivity index (χ3v) is 4.45. The summed E-state index contributed by atoms with van der Waals surface area (Å²) in [4.78, 5) is 22.8. The van der Waals surface area contributed by atoms with Crippen LogP contribution in [0.3, 0.4) is 0 Å². The van der Waals surface area contributed by atoms with E-state index >= 15 is 0 Å². The first-order valence-corrected chi connectivity index (χ1v) is 7.95. The Hall–Kier alpha value is -2.47. The molecule has 6 nitrogen and oxygen atoms in total. The average Bonchev–Trinajstić information content (AvgIpc) is 2.96. The fraction of sp³-hybridized carbons (Fsp3) is 0.389. The third-order valence-electron chi connectivity index (χ3n) is 4.45. The third kappa shape index (κ3) is 3.38. The SMILES string of the molecule is COc1ccc(C(=O)N2C[C@@H](Cc3cnccn3)[C@H](O)C2)c(C)c1. The molecule has 1 aliphatic rings. The summed E-state index contributed by atoms with van der Waals surface area (Å²) in [6.45, 7) is 2.75. The maximum absolute atomic E-state index is 12.8. The largest absolute Gasteiger partial charge is 0.497 e. The molecular formula is C18H21N3O3. The molecule has 2 aromatic rings. The number of methoxy groups -OCH3 is 1. The zero-order valence-electron chi connectivity index (χ0n) is 13.8. The topological polar surface area (TPSA) is 75.5 Å². The lowest BCUT2D eigenvalue weighted by Gasteiger charge is -2.18. The number of likely N-dealkylation sites (tertiary alicyclic amines) is 1. The molecular weight excluding hydrogens is 306 g/mol. The molecule has 126 valence electrons. The van der Waals surface area contributed by atoms with Crippen LogP contribution >= 0.6 is 0 Å². The van der Waals surface area contributed by atoms with E-state index in [4.69, 9.17) is 4.74 Å². The van der Waals surface area contributed by atoms with Gasteiger partial charge in [0, 0.05) is 43.2 Å². The zero-order valence-corrected chi connectivity index (χ0v) is 13.8. The van der Waals surface area contributed by atoms with E-state index in [1.807, 2.05) is 13.0 Å². The number of benzene rings is 1. The van der Waals surface area contributed by atoms with Crippen LogP contribution in [0, 0.1) is 12.8 Å². The van der Waals surface area contributed by atoms with Gasteiger partial charge in [0.1, 0.15) is 5.75 Å². The molecule has 1 fully saturated rings. The monoisotopic (exact) mass is 327 g/mol. The first-order valence-electron chi connectivity index (χ1n) is 7.95. The number of hydrogen-bond donors (Lipinski definition) is 1. The summed E-state index contributed by atoms with van der Waals surface area (Å²) in [7, 11) is 1.60. The number of carbonyl (C=O) groups excluding carboxylic acids is 1. The molecule has 0 bridgehead atoms. The van der Waals surface area contributed by atoms with Crippen molar-refractivity contribution in [2.24, 2.45) is 5.92 Å².